The standard InChI is InChI=1S/C12H14NO.Y/c1-4-10-5-6-11(13-9-10)7-8-12(2,3)14;/h6,9,14H,4H2,1-3H3;/q-1;. The van der Waals surface area contributed by atoms with E-state index in [1.165, 1.54) is 0 Å². The van der Waals surface area contributed by atoms with Gasteiger partial charge in [-0.2, -0.15) is 6.07 Å². The summed E-state index contributed by atoms with van der Waals surface area (Å²) in [5.74, 6) is 5.49. The van der Waals surface area contributed by atoms with Crippen LogP contribution in [-0.4, -0.2) is 15.7 Å². The summed E-state index contributed by atoms with van der Waals surface area (Å²) >= 11 is 0. The van der Waals surface area contributed by atoms with Crippen molar-refractivity contribution in [2.24, 2.45) is 0 Å². The number of hydrogen-bond acceptors (Lipinski definition) is 2. The molecule has 1 radical (unpaired) electrons. The van der Waals surface area contributed by atoms with Crippen molar-refractivity contribution in [1.29, 1.82) is 0 Å². The molecule has 0 saturated heterocycles. The van der Waals surface area contributed by atoms with Gasteiger partial charge in [-0.1, -0.05) is 25.5 Å². The molecule has 1 aromatic heterocycles. The molecule has 0 unspecified atom stereocenters. The summed E-state index contributed by atoms with van der Waals surface area (Å²) < 4.78 is 0. The van der Waals surface area contributed by atoms with Crippen LogP contribution in [0.15, 0.2) is 12.3 Å². The van der Waals surface area contributed by atoms with Crippen molar-refractivity contribution in [2.75, 3.05) is 0 Å². The Morgan fingerprint density at radius 3 is 2.60 bits per heavy atom. The van der Waals surface area contributed by atoms with Gasteiger partial charge in [-0.25, -0.2) is 0 Å². The van der Waals surface area contributed by atoms with Crippen molar-refractivity contribution in [3.05, 3.63) is 29.6 Å². The van der Waals surface area contributed by atoms with E-state index < -0.39 is 5.60 Å². The van der Waals surface area contributed by atoms with E-state index >= 15 is 0 Å². The summed E-state index contributed by atoms with van der Waals surface area (Å²) in [7, 11) is 0. The second kappa shape index (κ2) is 6.38. The van der Waals surface area contributed by atoms with E-state index in [4.69, 9.17) is 0 Å². The number of hydrogen-bond donors (Lipinski definition) is 1. The van der Waals surface area contributed by atoms with Gasteiger partial charge in [-0.3, -0.25) is 0 Å². The minimum atomic E-state index is -0.967. The molecule has 1 N–H and O–H groups in total. The third-order valence-corrected chi connectivity index (χ3v) is 1.63. The van der Waals surface area contributed by atoms with Crippen molar-refractivity contribution in [3.8, 4) is 11.8 Å². The van der Waals surface area contributed by atoms with Crippen LogP contribution in [0.3, 0.4) is 0 Å². The second-order valence-corrected chi connectivity index (χ2v) is 3.62. The molecule has 15 heavy (non-hydrogen) atoms. The third-order valence-electron chi connectivity index (χ3n) is 1.63. The molecule has 0 aliphatic carbocycles. The average molecular weight is 277 g/mol. The minimum absolute atomic E-state index is 0. The minimum Gasteiger partial charge on any atom is -0.378 e. The first kappa shape index (κ1) is 14.8. The van der Waals surface area contributed by atoms with E-state index in [1.54, 1.807) is 26.1 Å². The second-order valence-electron chi connectivity index (χ2n) is 3.62. The monoisotopic (exact) mass is 277 g/mol. The molecule has 77 valence electrons. The van der Waals surface area contributed by atoms with E-state index in [2.05, 4.69) is 29.8 Å². The van der Waals surface area contributed by atoms with Gasteiger partial charge in [0.1, 0.15) is 5.60 Å². The van der Waals surface area contributed by atoms with Crippen LogP contribution in [0, 0.1) is 17.9 Å². The van der Waals surface area contributed by atoms with Crippen molar-refractivity contribution in [2.45, 2.75) is 32.8 Å². The molecule has 3 heteroatoms. The van der Waals surface area contributed by atoms with Crippen molar-refractivity contribution in [1.82, 2.24) is 4.98 Å². The number of rotatable bonds is 1. The number of aliphatic hydroxyl groups is 1. The Morgan fingerprint density at radius 2 is 2.20 bits per heavy atom. The van der Waals surface area contributed by atoms with Gasteiger partial charge in [0.05, 0.1) is 0 Å². The fourth-order valence-corrected chi connectivity index (χ4v) is 0.862. The van der Waals surface area contributed by atoms with Crippen LogP contribution in [0.2, 0.25) is 0 Å². The Balaban J connectivity index is 0.00000196. The molecule has 0 saturated carbocycles. The average Bonchev–Trinajstić information content (AvgIpc) is 2.14. The largest absolute Gasteiger partial charge is 0.378 e. The molecule has 2 nitrogen and oxygen atoms in total. The maximum atomic E-state index is 9.37. The maximum Gasteiger partial charge on any atom is 0.119 e. The molecule has 0 aliphatic rings. The molecule has 0 bridgehead atoms. The van der Waals surface area contributed by atoms with E-state index in [9.17, 15) is 5.11 Å². The fourth-order valence-electron chi connectivity index (χ4n) is 0.862. The van der Waals surface area contributed by atoms with Crippen LogP contribution < -0.4 is 0 Å². The Morgan fingerprint density at radius 1 is 1.53 bits per heavy atom. The van der Waals surface area contributed by atoms with Gasteiger partial charge in [-0.05, 0) is 19.5 Å². The predicted molar refractivity (Wildman–Crippen MR) is 55.6 cm³/mol. The van der Waals surface area contributed by atoms with Crippen molar-refractivity contribution in [3.63, 3.8) is 0 Å². The zero-order chi connectivity index (χ0) is 10.6. The fraction of sp³-hybridized carbons (Fsp3) is 0.417. The van der Waals surface area contributed by atoms with Crippen molar-refractivity contribution < 1.29 is 37.8 Å². The van der Waals surface area contributed by atoms with Gasteiger partial charge >= 0.3 is 0 Å². The summed E-state index contributed by atoms with van der Waals surface area (Å²) in [6.07, 6.45) is 2.68. The summed E-state index contributed by atoms with van der Waals surface area (Å²) in [6, 6.07) is 4.82. The Kier molecular flexibility index (Phi) is 6.28. The van der Waals surface area contributed by atoms with E-state index in [0.717, 1.165) is 12.0 Å². The quantitative estimate of drug-likeness (QED) is 0.624. The van der Waals surface area contributed by atoms with Gasteiger partial charge in [0.2, 0.25) is 0 Å². The number of aromatic nitrogens is 1. The molecule has 0 fully saturated rings. The number of pyridine rings is 1. The molecule has 0 atom stereocenters. The molecular weight excluding hydrogens is 263 g/mol. The first-order valence-corrected chi connectivity index (χ1v) is 4.63. The van der Waals surface area contributed by atoms with Gasteiger partial charge < -0.3 is 10.1 Å². The van der Waals surface area contributed by atoms with Crippen LogP contribution in [0.5, 0.6) is 0 Å². The van der Waals surface area contributed by atoms with Crippen LogP contribution in [-0.2, 0) is 39.1 Å². The van der Waals surface area contributed by atoms with E-state index in [1.807, 2.05) is 0 Å². The summed E-state index contributed by atoms with van der Waals surface area (Å²) in [5, 5.41) is 9.37. The summed E-state index contributed by atoms with van der Waals surface area (Å²) in [4.78, 5) is 4.14. The van der Waals surface area contributed by atoms with Gasteiger partial charge in [0.25, 0.3) is 0 Å². The number of aryl methyl sites for hydroxylation is 1. The SMILES string of the molecule is CCc1[c-]cc(C#CC(C)(C)O)nc1.[Y]. The Bertz CT molecular complexity index is 354. The van der Waals surface area contributed by atoms with Crippen LogP contribution in [0.1, 0.15) is 32.0 Å². The van der Waals surface area contributed by atoms with E-state index in [0.29, 0.717) is 5.69 Å². The molecule has 0 amide bonds. The van der Waals surface area contributed by atoms with Gasteiger partial charge in [0.15, 0.2) is 0 Å². The summed E-state index contributed by atoms with van der Waals surface area (Å²) in [5.41, 5.74) is 0.744. The Labute approximate surface area is 116 Å². The molecule has 1 rings (SSSR count). The third kappa shape index (κ3) is 6.04. The molecule has 0 spiro atoms. The van der Waals surface area contributed by atoms with Gasteiger partial charge in [0, 0.05) is 32.7 Å². The van der Waals surface area contributed by atoms with E-state index in [-0.39, 0.29) is 32.7 Å². The molecule has 0 aliphatic heterocycles. The molecule has 1 heterocycles. The zero-order valence-corrected chi connectivity index (χ0v) is 12.2. The molecule has 1 aromatic rings. The molecule has 0 aromatic carbocycles. The molecular formula is C12H14NOY-. The Hall–Kier alpha value is -0.226. The predicted octanol–water partition coefficient (Wildman–Crippen LogP) is 1.56. The maximum absolute atomic E-state index is 9.37. The van der Waals surface area contributed by atoms with Crippen molar-refractivity contribution >= 4 is 0 Å². The first-order valence-electron chi connectivity index (χ1n) is 4.63. The first-order chi connectivity index (χ1) is 6.51. The zero-order valence-electron chi connectivity index (χ0n) is 9.33. The number of nitrogens with zero attached hydrogens (tertiary/aromatic N) is 1. The summed E-state index contributed by atoms with van der Waals surface area (Å²) in [6.45, 7) is 5.34. The smallest absolute Gasteiger partial charge is 0.119 e. The topological polar surface area (TPSA) is 33.1 Å². The van der Waals surface area contributed by atoms with Crippen LogP contribution in [0.25, 0.3) is 0 Å². The van der Waals surface area contributed by atoms with Crippen LogP contribution in [0.4, 0.5) is 0 Å². The van der Waals surface area contributed by atoms with Gasteiger partial charge in [-0.15, -0.1) is 17.6 Å². The van der Waals surface area contributed by atoms with Crippen LogP contribution >= 0.6 is 0 Å². The normalized spacial score (nSPS) is 9.87.